The predicted octanol–water partition coefficient (Wildman–Crippen LogP) is 3.30. The third-order valence-corrected chi connectivity index (χ3v) is 2.97. The predicted molar refractivity (Wildman–Crippen MR) is 81.1 cm³/mol. The molecule has 20 heavy (non-hydrogen) atoms. The molecule has 0 fully saturated rings. The van der Waals surface area contributed by atoms with Crippen LogP contribution in [0, 0.1) is 6.92 Å². The number of ether oxygens (including phenoxy) is 2. The van der Waals surface area contributed by atoms with E-state index in [0.29, 0.717) is 19.8 Å². The van der Waals surface area contributed by atoms with Crippen LogP contribution in [-0.2, 0) is 6.54 Å². The zero-order valence-electron chi connectivity index (χ0n) is 11.8. The number of hydrogen-bond acceptors (Lipinski definition) is 3. The number of benzene rings is 2. The normalized spacial score (nSPS) is 10.3. The highest BCUT2D eigenvalue weighted by molar-refractivity contribution is 5.28. The Morgan fingerprint density at radius 3 is 2.25 bits per heavy atom. The first kappa shape index (κ1) is 14.4. The maximum Gasteiger partial charge on any atom is 0.119 e. The van der Waals surface area contributed by atoms with Crippen molar-refractivity contribution in [2.75, 3.05) is 13.2 Å². The Hall–Kier alpha value is -2.00. The van der Waals surface area contributed by atoms with Crippen LogP contribution in [0.25, 0.3) is 0 Å². The van der Waals surface area contributed by atoms with Crippen LogP contribution in [-0.4, -0.2) is 13.2 Å². The molecule has 0 atom stereocenters. The summed E-state index contributed by atoms with van der Waals surface area (Å²) in [5, 5.41) is 0. The molecule has 2 rings (SSSR count). The Kier molecular flexibility index (Phi) is 5.44. The van der Waals surface area contributed by atoms with Gasteiger partial charge >= 0.3 is 0 Å². The standard InChI is InChI=1S/C17H21NO2/c1-14-4-2-5-17(12-14)20-11-3-10-19-16-8-6-15(13-18)7-9-16/h2,4-9,12H,3,10-11,13,18H2,1H3. The van der Waals surface area contributed by atoms with Crippen LogP contribution in [0.1, 0.15) is 17.5 Å². The van der Waals surface area contributed by atoms with E-state index in [1.807, 2.05) is 42.5 Å². The molecule has 2 aromatic carbocycles. The lowest BCUT2D eigenvalue weighted by Crippen LogP contribution is -2.05. The van der Waals surface area contributed by atoms with Gasteiger partial charge in [-0.3, -0.25) is 0 Å². The first-order valence-electron chi connectivity index (χ1n) is 6.89. The van der Waals surface area contributed by atoms with E-state index >= 15 is 0 Å². The highest BCUT2D eigenvalue weighted by Crippen LogP contribution is 2.14. The molecule has 3 nitrogen and oxygen atoms in total. The number of hydrogen-bond donors (Lipinski definition) is 1. The summed E-state index contributed by atoms with van der Waals surface area (Å²) >= 11 is 0. The number of nitrogens with two attached hydrogens (primary N) is 1. The minimum atomic E-state index is 0.560. The molecular formula is C17H21NO2. The second kappa shape index (κ2) is 7.56. The van der Waals surface area contributed by atoms with Crippen LogP contribution >= 0.6 is 0 Å². The van der Waals surface area contributed by atoms with Crippen molar-refractivity contribution < 1.29 is 9.47 Å². The highest BCUT2D eigenvalue weighted by atomic mass is 16.5. The van der Waals surface area contributed by atoms with Crippen molar-refractivity contribution in [2.45, 2.75) is 19.9 Å². The molecule has 3 heteroatoms. The van der Waals surface area contributed by atoms with E-state index in [0.717, 1.165) is 23.5 Å². The van der Waals surface area contributed by atoms with Gasteiger partial charge in [-0.05, 0) is 42.3 Å². The maximum absolute atomic E-state index is 5.66. The molecule has 0 amide bonds. The molecule has 2 N–H and O–H groups in total. The Balaban J connectivity index is 1.66. The van der Waals surface area contributed by atoms with E-state index < -0.39 is 0 Å². The van der Waals surface area contributed by atoms with Crippen molar-refractivity contribution >= 4 is 0 Å². The van der Waals surface area contributed by atoms with Gasteiger partial charge in [-0.1, -0.05) is 24.3 Å². The molecule has 0 aliphatic carbocycles. The van der Waals surface area contributed by atoms with Crippen LogP contribution in [0.5, 0.6) is 11.5 Å². The molecule has 0 radical (unpaired) electrons. The van der Waals surface area contributed by atoms with E-state index in [1.54, 1.807) is 0 Å². The van der Waals surface area contributed by atoms with E-state index in [1.165, 1.54) is 5.56 Å². The average Bonchev–Trinajstić information content (AvgIpc) is 2.48. The minimum Gasteiger partial charge on any atom is -0.493 e. The number of aryl methyl sites for hydroxylation is 1. The Morgan fingerprint density at radius 2 is 1.60 bits per heavy atom. The maximum atomic E-state index is 5.66. The molecule has 0 aliphatic rings. The summed E-state index contributed by atoms with van der Waals surface area (Å²) < 4.78 is 11.3. The monoisotopic (exact) mass is 271 g/mol. The third kappa shape index (κ3) is 4.59. The Morgan fingerprint density at radius 1 is 0.900 bits per heavy atom. The fraction of sp³-hybridized carbons (Fsp3) is 0.294. The van der Waals surface area contributed by atoms with Gasteiger partial charge in [0.25, 0.3) is 0 Å². The summed E-state index contributed by atoms with van der Waals surface area (Å²) in [6.07, 6.45) is 0.854. The van der Waals surface area contributed by atoms with E-state index in [2.05, 4.69) is 13.0 Å². The molecule has 0 heterocycles. The van der Waals surface area contributed by atoms with Crippen LogP contribution in [0.15, 0.2) is 48.5 Å². The molecular weight excluding hydrogens is 250 g/mol. The van der Waals surface area contributed by atoms with Crippen molar-refractivity contribution in [3.8, 4) is 11.5 Å². The van der Waals surface area contributed by atoms with Gasteiger partial charge in [-0.15, -0.1) is 0 Å². The summed E-state index contributed by atoms with van der Waals surface area (Å²) in [6.45, 7) is 3.92. The van der Waals surface area contributed by atoms with Crippen molar-refractivity contribution in [3.63, 3.8) is 0 Å². The fourth-order valence-electron chi connectivity index (χ4n) is 1.87. The lowest BCUT2D eigenvalue weighted by atomic mass is 10.2. The van der Waals surface area contributed by atoms with Gasteiger partial charge < -0.3 is 15.2 Å². The minimum absolute atomic E-state index is 0.560. The second-order valence-corrected chi connectivity index (χ2v) is 4.72. The molecule has 2 aromatic rings. The van der Waals surface area contributed by atoms with Crippen LogP contribution in [0.2, 0.25) is 0 Å². The summed E-state index contributed by atoms with van der Waals surface area (Å²) in [7, 11) is 0. The molecule has 0 saturated carbocycles. The zero-order valence-corrected chi connectivity index (χ0v) is 11.8. The summed E-state index contributed by atoms with van der Waals surface area (Å²) in [5.41, 5.74) is 7.87. The first-order valence-corrected chi connectivity index (χ1v) is 6.89. The molecule has 0 bridgehead atoms. The van der Waals surface area contributed by atoms with Crippen molar-refractivity contribution in [2.24, 2.45) is 5.73 Å². The lowest BCUT2D eigenvalue weighted by molar-refractivity contribution is 0.247. The van der Waals surface area contributed by atoms with Gasteiger partial charge in [0, 0.05) is 13.0 Å². The highest BCUT2D eigenvalue weighted by Gasteiger charge is 1.96. The SMILES string of the molecule is Cc1cccc(OCCCOc2ccc(CN)cc2)c1. The van der Waals surface area contributed by atoms with Crippen LogP contribution in [0.3, 0.4) is 0 Å². The second-order valence-electron chi connectivity index (χ2n) is 4.72. The molecule has 0 unspecified atom stereocenters. The van der Waals surface area contributed by atoms with Crippen molar-refractivity contribution in [3.05, 3.63) is 59.7 Å². The van der Waals surface area contributed by atoms with E-state index in [4.69, 9.17) is 15.2 Å². The van der Waals surface area contributed by atoms with Gasteiger partial charge in [-0.2, -0.15) is 0 Å². The largest absolute Gasteiger partial charge is 0.493 e. The topological polar surface area (TPSA) is 44.5 Å². The lowest BCUT2D eigenvalue weighted by Gasteiger charge is -2.08. The number of rotatable bonds is 7. The molecule has 0 saturated heterocycles. The third-order valence-electron chi connectivity index (χ3n) is 2.97. The summed E-state index contributed by atoms with van der Waals surface area (Å²) in [4.78, 5) is 0. The first-order chi connectivity index (χ1) is 9.78. The smallest absolute Gasteiger partial charge is 0.119 e. The molecule has 0 aromatic heterocycles. The van der Waals surface area contributed by atoms with Crippen molar-refractivity contribution in [1.82, 2.24) is 0 Å². The zero-order chi connectivity index (χ0) is 14.2. The van der Waals surface area contributed by atoms with Gasteiger partial charge in [0.05, 0.1) is 13.2 Å². The Bertz CT molecular complexity index is 523. The van der Waals surface area contributed by atoms with Crippen molar-refractivity contribution in [1.29, 1.82) is 0 Å². The van der Waals surface area contributed by atoms with Gasteiger partial charge in [0.2, 0.25) is 0 Å². The molecule has 106 valence electrons. The van der Waals surface area contributed by atoms with Gasteiger partial charge in [-0.25, -0.2) is 0 Å². The van der Waals surface area contributed by atoms with E-state index in [-0.39, 0.29) is 0 Å². The summed E-state index contributed by atoms with van der Waals surface area (Å²) in [6, 6.07) is 15.9. The van der Waals surface area contributed by atoms with Crippen LogP contribution < -0.4 is 15.2 Å². The quantitative estimate of drug-likeness (QED) is 0.786. The fourth-order valence-corrected chi connectivity index (χ4v) is 1.87. The van der Waals surface area contributed by atoms with Gasteiger partial charge in [0.15, 0.2) is 0 Å². The molecule has 0 spiro atoms. The summed E-state index contributed by atoms with van der Waals surface area (Å²) in [5.74, 6) is 1.79. The van der Waals surface area contributed by atoms with Crippen LogP contribution in [0.4, 0.5) is 0 Å². The Labute approximate surface area is 120 Å². The average molecular weight is 271 g/mol. The van der Waals surface area contributed by atoms with E-state index in [9.17, 15) is 0 Å². The molecule has 0 aliphatic heterocycles. The van der Waals surface area contributed by atoms with Gasteiger partial charge in [0.1, 0.15) is 11.5 Å².